The Labute approximate surface area is 212 Å². The van der Waals surface area contributed by atoms with Crippen LogP contribution in [0.25, 0.3) is 27.9 Å². The quantitative estimate of drug-likeness (QED) is 0.366. The van der Waals surface area contributed by atoms with Crippen LogP contribution < -0.4 is 9.64 Å². The first-order valence-corrected chi connectivity index (χ1v) is 12.1. The molecule has 1 amide bonds. The Bertz CT molecular complexity index is 1620. The summed E-state index contributed by atoms with van der Waals surface area (Å²) in [6.07, 6.45) is 0. The average molecular weight is 497 g/mol. The summed E-state index contributed by atoms with van der Waals surface area (Å²) in [5.74, 6) is 1.56. The molecule has 3 aromatic carbocycles. The Morgan fingerprint density at radius 1 is 1.00 bits per heavy atom. The van der Waals surface area contributed by atoms with Crippen molar-refractivity contribution in [3.63, 3.8) is 0 Å². The van der Waals surface area contributed by atoms with Crippen LogP contribution in [0.15, 0.2) is 72.8 Å². The third-order valence-corrected chi connectivity index (χ3v) is 6.82. The largest absolute Gasteiger partial charge is 0.497 e. The molecule has 1 unspecified atom stereocenters. The number of aromatic nitrogens is 4. The van der Waals surface area contributed by atoms with E-state index in [1.807, 2.05) is 59.9 Å². The summed E-state index contributed by atoms with van der Waals surface area (Å²) in [7, 11) is 1.63. The number of anilines is 1. The summed E-state index contributed by atoms with van der Waals surface area (Å²) < 4.78 is 21.0. The first-order valence-electron chi connectivity index (χ1n) is 12.1. The lowest BCUT2D eigenvalue weighted by Gasteiger charge is -2.40. The number of methoxy groups -OCH3 is 1. The summed E-state index contributed by atoms with van der Waals surface area (Å²) in [6, 6.07) is 21.3. The second kappa shape index (κ2) is 9.16. The van der Waals surface area contributed by atoms with Gasteiger partial charge in [-0.1, -0.05) is 18.2 Å². The molecule has 0 spiro atoms. The van der Waals surface area contributed by atoms with Crippen molar-refractivity contribution in [2.45, 2.75) is 13.0 Å². The summed E-state index contributed by atoms with van der Waals surface area (Å²) >= 11 is 0. The van der Waals surface area contributed by atoms with Crippen molar-refractivity contribution in [1.29, 1.82) is 0 Å². The van der Waals surface area contributed by atoms with E-state index < -0.39 is 5.82 Å². The molecule has 6 rings (SSSR count). The number of piperazine rings is 1. The van der Waals surface area contributed by atoms with Gasteiger partial charge in [0.1, 0.15) is 11.6 Å². The van der Waals surface area contributed by atoms with Crippen molar-refractivity contribution < 1.29 is 13.9 Å². The van der Waals surface area contributed by atoms with Gasteiger partial charge < -0.3 is 14.5 Å². The molecular weight excluding hydrogens is 471 g/mol. The van der Waals surface area contributed by atoms with E-state index in [1.165, 1.54) is 12.1 Å². The zero-order valence-electron chi connectivity index (χ0n) is 20.5. The van der Waals surface area contributed by atoms with Crippen LogP contribution in [0.1, 0.15) is 17.3 Å². The molecule has 0 radical (unpaired) electrons. The van der Waals surface area contributed by atoms with Crippen LogP contribution in [0.3, 0.4) is 0 Å². The standard InChI is InChI=1S/C28H25FN6O2/c1-18-17-33(14-15-34(18)27(36)20-6-5-7-21(29)16-20)28-30-24-9-4-3-8-23(24)26-32-31-25(35(26)28)19-10-12-22(37-2)13-11-19/h3-13,16,18H,14-15,17H2,1-2H3. The number of halogens is 1. The van der Waals surface area contributed by atoms with Crippen molar-refractivity contribution in [2.75, 3.05) is 31.6 Å². The number of carbonyl (C=O) groups excluding carboxylic acids is 1. The highest BCUT2D eigenvalue weighted by atomic mass is 19.1. The Kier molecular flexibility index (Phi) is 5.67. The number of hydrogen-bond donors (Lipinski definition) is 0. The van der Waals surface area contributed by atoms with E-state index in [1.54, 1.807) is 24.1 Å². The van der Waals surface area contributed by atoms with Crippen LogP contribution in [0.4, 0.5) is 10.3 Å². The van der Waals surface area contributed by atoms with Crippen molar-refractivity contribution >= 4 is 28.4 Å². The molecule has 1 aliphatic rings. The molecule has 1 atom stereocenters. The lowest BCUT2D eigenvalue weighted by atomic mass is 10.1. The van der Waals surface area contributed by atoms with Gasteiger partial charge in [-0.05, 0) is 61.5 Å². The minimum Gasteiger partial charge on any atom is -0.497 e. The Morgan fingerprint density at radius 2 is 1.81 bits per heavy atom. The molecule has 1 saturated heterocycles. The van der Waals surface area contributed by atoms with Gasteiger partial charge in [-0.25, -0.2) is 13.8 Å². The topological polar surface area (TPSA) is 75.9 Å². The monoisotopic (exact) mass is 496 g/mol. The predicted molar refractivity (Wildman–Crippen MR) is 139 cm³/mol. The number of benzene rings is 3. The van der Waals surface area contributed by atoms with Gasteiger partial charge in [-0.3, -0.25) is 4.79 Å². The third kappa shape index (κ3) is 4.02. The molecule has 0 saturated carbocycles. The normalized spacial score (nSPS) is 15.9. The zero-order valence-corrected chi connectivity index (χ0v) is 20.5. The molecule has 2 aromatic heterocycles. The van der Waals surface area contributed by atoms with E-state index in [2.05, 4.69) is 15.1 Å². The molecule has 0 aliphatic carbocycles. The Balaban J connectivity index is 1.40. The van der Waals surface area contributed by atoms with Gasteiger partial charge in [-0.2, -0.15) is 0 Å². The van der Waals surface area contributed by atoms with E-state index in [9.17, 15) is 9.18 Å². The van der Waals surface area contributed by atoms with Crippen LogP contribution in [-0.2, 0) is 0 Å². The van der Waals surface area contributed by atoms with Crippen LogP contribution in [0, 0.1) is 5.82 Å². The molecule has 37 heavy (non-hydrogen) atoms. The average Bonchev–Trinajstić information content (AvgIpc) is 3.38. The zero-order chi connectivity index (χ0) is 25.5. The minimum atomic E-state index is -0.418. The molecule has 5 aromatic rings. The molecule has 3 heterocycles. The highest BCUT2D eigenvalue weighted by molar-refractivity contribution is 5.95. The van der Waals surface area contributed by atoms with Crippen LogP contribution in [-0.4, -0.2) is 63.2 Å². The maximum atomic E-state index is 13.7. The lowest BCUT2D eigenvalue weighted by Crippen LogP contribution is -2.54. The molecule has 9 heteroatoms. The van der Waals surface area contributed by atoms with Crippen molar-refractivity contribution in [3.05, 3.63) is 84.2 Å². The second-order valence-corrected chi connectivity index (χ2v) is 9.14. The number of carbonyl (C=O) groups is 1. The number of rotatable bonds is 4. The van der Waals surface area contributed by atoms with E-state index in [0.717, 1.165) is 27.9 Å². The SMILES string of the molecule is COc1ccc(-c2nnc3c4ccccc4nc(N4CCN(C(=O)c5cccc(F)c5)C(C)C4)n23)cc1. The van der Waals surface area contributed by atoms with Crippen molar-refractivity contribution in [2.24, 2.45) is 0 Å². The fraction of sp³-hybridized carbons (Fsp3) is 0.214. The Hall–Kier alpha value is -4.53. The van der Waals surface area contributed by atoms with E-state index in [-0.39, 0.29) is 11.9 Å². The molecule has 0 bridgehead atoms. The highest BCUT2D eigenvalue weighted by Crippen LogP contribution is 2.30. The number of nitrogens with zero attached hydrogens (tertiary/aromatic N) is 6. The van der Waals surface area contributed by atoms with Gasteiger partial charge in [0.2, 0.25) is 5.95 Å². The van der Waals surface area contributed by atoms with Gasteiger partial charge >= 0.3 is 0 Å². The third-order valence-electron chi connectivity index (χ3n) is 6.82. The highest BCUT2D eigenvalue weighted by Gasteiger charge is 2.31. The molecule has 0 N–H and O–H groups in total. The van der Waals surface area contributed by atoms with Gasteiger partial charge in [0.25, 0.3) is 5.91 Å². The minimum absolute atomic E-state index is 0.117. The lowest BCUT2D eigenvalue weighted by molar-refractivity contribution is 0.0672. The summed E-state index contributed by atoms with van der Waals surface area (Å²) in [5.41, 5.74) is 2.79. The molecule has 8 nitrogen and oxygen atoms in total. The predicted octanol–water partition coefficient (Wildman–Crippen LogP) is 4.44. The van der Waals surface area contributed by atoms with Crippen molar-refractivity contribution in [3.8, 4) is 17.1 Å². The first-order chi connectivity index (χ1) is 18.0. The van der Waals surface area contributed by atoms with Gasteiger partial charge in [-0.15, -0.1) is 10.2 Å². The van der Waals surface area contributed by atoms with Crippen LogP contribution in [0.2, 0.25) is 0 Å². The number of amides is 1. The Morgan fingerprint density at radius 3 is 2.57 bits per heavy atom. The molecule has 186 valence electrons. The maximum absolute atomic E-state index is 13.7. The van der Waals surface area contributed by atoms with Crippen LogP contribution in [0.5, 0.6) is 5.75 Å². The van der Waals surface area contributed by atoms with Crippen LogP contribution >= 0.6 is 0 Å². The van der Waals surface area contributed by atoms with E-state index in [4.69, 9.17) is 9.72 Å². The fourth-order valence-electron chi connectivity index (χ4n) is 4.93. The number of fused-ring (bicyclic) bond motifs is 3. The van der Waals surface area contributed by atoms with Gasteiger partial charge in [0, 0.05) is 42.2 Å². The molecule has 1 fully saturated rings. The van der Waals surface area contributed by atoms with E-state index in [0.29, 0.717) is 37.0 Å². The number of ether oxygens (including phenoxy) is 1. The van der Waals surface area contributed by atoms with Gasteiger partial charge in [0.15, 0.2) is 11.5 Å². The first kappa shape index (κ1) is 22.9. The van der Waals surface area contributed by atoms with Gasteiger partial charge in [0.05, 0.1) is 12.6 Å². The summed E-state index contributed by atoms with van der Waals surface area (Å²) in [4.78, 5) is 22.1. The number of hydrogen-bond acceptors (Lipinski definition) is 6. The van der Waals surface area contributed by atoms with Crippen molar-refractivity contribution in [1.82, 2.24) is 24.5 Å². The maximum Gasteiger partial charge on any atom is 0.254 e. The van der Waals surface area contributed by atoms with E-state index >= 15 is 0 Å². The molecule has 1 aliphatic heterocycles. The molecular formula is C28H25FN6O2. The summed E-state index contributed by atoms with van der Waals surface area (Å²) in [5, 5.41) is 10.00. The fourth-order valence-corrected chi connectivity index (χ4v) is 4.93. The second-order valence-electron chi connectivity index (χ2n) is 9.14. The summed E-state index contributed by atoms with van der Waals surface area (Å²) in [6.45, 7) is 3.60. The number of para-hydroxylation sites is 1. The smallest absolute Gasteiger partial charge is 0.254 e.